The van der Waals surface area contributed by atoms with E-state index >= 15 is 0 Å². The maximum atomic E-state index is 11.9. The summed E-state index contributed by atoms with van der Waals surface area (Å²) in [6.45, 7) is 2.50. The Balaban J connectivity index is 2.53. The van der Waals surface area contributed by atoms with Gasteiger partial charge < -0.3 is 14.5 Å². The quantitative estimate of drug-likeness (QED) is 0.660. The minimum atomic E-state index is -0.271. The second kappa shape index (κ2) is 6.37. The molecule has 0 spiro atoms. The van der Waals surface area contributed by atoms with Crippen LogP contribution in [0.15, 0.2) is 0 Å². The van der Waals surface area contributed by atoms with Crippen LogP contribution >= 0.6 is 0 Å². The van der Waals surface area contributed by atoms with E-state index in [-0.39, 0.29) is 30.2 Å². The number of rotatable bonds is 3. The van der Waals surface area contributed by atoms with Gasteiger partial charge in [-0.3, -0.25) is 14.4 Å². The van der Waals surface area contributed by atoms with Gasteiger partial charge in [-0.1, -0.05) is 0 Å². The molecule has 6 heteroatoms. The molecule has 2 amide bonds. The highest BCUT2D eigenvalue weighted by atomic mass is 16.5. The zero-order valence-corrected chi connectivity index (χ0v) is 11.1. The minimum absolute atomic E-state index is 0.0588. The Morgan fingerprint density at radius 2 is 2.06 bits per heavy atom. The topological polar surface area (TPSA) is 66.9 Å². The number of hydrogen-bond donors (Lipinski definition) is 0. The van der Waals surface area contributed by atoms with Crippen molar-refractivity contribution in [1.82, 2.24) is 9.80 Å². The van der Waals surface area contributed by atoms with Crippen molar-refractivity contribution in [1.29, 1.82) is 0 Å². The summed E-state index contributed by atoms with van der Waals surface area (Å²) in [6, 6.07) is 0. The van der Waals surface area contributed by atoms with Crippen molar-refractivity contribution in [2.24, 2.45) is 5.92 Å². The summed E-state index contributed by atoms with van der Waals surface area (Å²) >= 11 is 0. The van der Waals surface area contributed by atoms with Crippen LogP contribution in [0.3, 0.4) is 0 Å². The van der Waals surface area contributed by atoms with Gasteiger partial charge in [0.25, 0.3) is 0 Å². The number of carbonyl (C=O) groups is 3. The van der Waals surface area contributed by atoms with Gasteiger partial charge in [0.15, 0.2) is 0 Å². The third-order valence-electron chi connectivity index (χ3n) is 3.22. The predicted molar refractivity (Wildman–Crippen MR) is 64.6 cm³/mol. The van der Waals surface area contributed by atoms with Gasteiger partial charge >= 0.3 is 5.97 Å². The van der Waals surface area contributed by atoms with Crippen LogP contribution < -0.4 is 0 Å². The fraction of sp³-hybridized carbons (Fsp3) is 0.750. The van der Waals surface area contributed by atoms with Crippen molar-refractivity contribution in [3.63, 3.8) is 0 Å². The molecule has 0 aromatic rings. The first kappa shape index (κ1) is 14.5. The van der Waals surface area contributed by atoms with E-state index in [1.807, 2.05) is 0 Å². The smallest absolute Gasteiger partial charge is 0.310 e. The summed E-state index contributed by atoms with van der Waals surface area (Å²) in [7, 11) is 2.94. The predicted octanol–water partition coefficient (Wildman–Crippen LogP) is -0.124. The minimum Gasteiger partial charge on any atom is -0.469 e. The van der Waals surface area contributed by atoms with Crippen molar-refractivity contribution in [3.8, 4) is 0 Å². The van der Waals surface area contributed by atoms with Crippen molar-refractivity contribution in [2.45, 2.75) is 19.8 Å². The summed E-state index contributed by atoms with van der Waals surface area (Å²) in [5.74, 6) is -0.783. The van der Waals surface area contributed by atoms with Crippen molar-refractivity contribution >= 4 is 17.8 Å². The molecule has 6 nitrogen and oxygen atoms in total. The van der Waals surface area contributed by atoms with Gasteiger partial charge in [0.1, 0.15) is 0 Å². The average molecular weight is 256 g/mol. The van der Waals surface area contributed by atoms with Crippen LogP contribution in [0.25, 0.3) is 0 Å². The highest BCUT2D eigenvalue weighted by molar-refractivity contribution is 5.84. The molecule has 0 bridgehead atoms. The van der Waals surface area contributed by atoms with Crippen LogP contribution in [0.5, 0.6) is 0 Å². The highest BCUT2D eigenvalue weighted by Gasteiger charge is 2.29. The Hall–Kier alpha value is -1.59. The number of methoxy groups -OCH3 is 1. The number of likely N-dealkylation sites (tertiary alicyclic amines) is 1. The number of piperidine rings is 1. The molecule has 0 unspecified atom stereocenters. The molecule has 0 radical (unpaired) electrons. The van der Waals surface area contributed by atoms with E-state index in [4.69, 9.17) is 4.74 Å². The molecular formula is C12H20N2O4. The summed E-state index contributed by atoms with van der Waals surface area (Å²) in [4.78, 5) is 37.4. The molecule has 1 aliphatic rings. The second-order valence-electron chi connectivity index (χ2n) is 4.58. The molecule has 0 saturated carbocycles. The molecular weight excluding hydrogens is 236 g/mol. The largest absolute Gasteiger partial charge is 0.469 e. The van der Waals surface area contributed by atoms with Crippen LogP contribution in [-0.2, 0) is 19.1 Å². The molecule has 1 aliphatic heterocycles. The highest BCUT2D eigenvalue weighted by Crippen LogP contribution is 2.17. The third kappa shape index (κ3) is 3.72. The van der Waals surface area contributed by atoms with Crippen LogP contribution in [0.1, 0.15) is 19.8 Å². The maximum Gasteiger partial charge on any atom is 0.310 e. The van der Waals surface area contributed by atoms with Gasteiger partial charge in [0, 0.05) is 27.1 Å². The molecule has 1 fully saturated rings. The fourth-order valence-electron chi connectivity index (χ4n) is 1.98. The molecule has 102 valence electrons. The number of likely N-dealkylation sites (N-methyl/N-ethyl adjacent to an activating group) is 1. The Bertz CT molecular complexity index is 343. The Labute approximate surface area is 107 Å². The molecule has 1 heterocycles. The number of amides is 2. The van der Waals surface area contributed by atoms with Crippen LogP contribution in [-0.4, -0.2) is 61.4 Å². The van der Waals surface area contributed by atoms with Crippen LogP contribution in [0, 0.1) is 5.92 Å². The Kier molecular flexibility index (Phi) is 5.12. The van der Waals surface area contributed by atoms with Gasteiger partial charge in [-0.25, -0.2) is 0 Å². The van der Waals surface area contributed by atoms with Gasteiger partial charge in [-0.05, 0) is 12.8 Å². The maximum absolute atomic E-state index is 11.9. The fourth-order valence-corrected chi connectivity index (χ4v) is 1.98. The van der Waals surface area contributed by atoms with E-state index in [2.05, 4.69) is 0 Å². The first-order valence-corrected chi connectivity index (χ1v) is 6.03. The van der Waals surface area contributed by atoms with Crippen LogP contribution in [0.4, 0.5) is 0 Å². The number of carbonyl (C=O) groups excluding carboxylic acids is 3. The molecule has 18 heavy (non-hydrogen) atoms. The van der Waals surface area contributed by atoms with E-state index in [1.54, 1.807) is 11.9 Å². The monoisotopic (exact) mass is 256 g/mol. The van der Waals surface area contributed by atoms with E-state index in [9.17, 15) is 14.4 Å². The number of hydrogen-bond acceptors (Lipinski definition) is 4. The van der Waals surface area contributed by atoms with E-state index in [1.165, 1.54) is 18.9 Å². The number of ether oxygens (including phenoxy) is 1. The first-order valence-electron chi connectivity index (χ1n) is 6.03. The van der Waals surface area contributed by atoms with Crippen molar-refractivity contribution < 1.29 is 19.1 Å². The van der Waals surface area contributed by atoms with E-state index < -0.39 is 0 Å². The standard InChI is InChI=1S/C12H20N2O4/c1-9(15)13(2)8-11(16)14-6-4-5-10(7-14)12(17)18-3/h10H,4-8H2,1-3H3/t10-/m0/s1. The lowest BCUT2D eigenvalue weighted by Gasteiger charge is -2.32. The lowest BCUT2D eigenvalue weighted by atomic mass is 9.98. The zero-order chi connectivity index (χ0) is 13.7. The normalized spacial score (nSPS) is 19.3. The summed E-state index contributed by atoms with van der Waals surface area (Å²) < 4.78 is 4.70. The molecule has 1 saturated heterocycles. The van der Waals surface area contributed by atoms with Crippen molar-refractivity contribution in [3.05, 3.63) is 0 Å². The molecule has 0 aromatic carbocycles. The van der Waals surface area contributed by atoms with E-state index in [0.717, 1.165) is 12.8 Å². The van der Waals surface area contributed by atoms with Gasteiger partial charge in [-0.15, -0.1) is 0 Å². The van der Waals surface area contributed by atoms with Gasteiger partial charge in [0.05, 0.1) is 19.6 Å². The second-order valence-corrected chi connectivity index (χ2v) is 4.58. The number of nitrogens with zero attached hydrogens (tertiary/aromatic N) is 2. The first-order chi connectivity index (χ1) is 8.45. The molecule has 0 N–H and O–H groups in total. The average Bonchev–Trinajstić information content (AvgIpc) is 2.37. The lowest BCUT2D eigenvalue weighted by Crippen LogP contribution is -2.46. The van der Waals surface area contributed by atoms with E-state index in [0.29, 0.717) is 13.1 Å². The molecule has 1 rings (SSSR count). The van der Waals surface area contributed by atoms with Gasteiger partial charge in [0.2, 0.25) is 11.8 Å². The van der Waals surface area contributed by atoms with Gasteiger partial charge in [-0.2, -0.15) is 0 Å². The molecule has 0 aromatic heterocycles. The van der Waals surface area contributed by atoms with Crippen molar-refractivity contribution in [2.75, 3.05) is 33.8 Å². The zero-order valence-electron chi connectivity index (χ0n) is 11.1. The Morgan fingerprint density at radius 1 is 1.39 bits per heavy atom. The summed E-state index contributed by atoms with van der Waals surface area (Å²) in [5.41, 5.74) is 0. The van der Waals surface area contributed by atoms with Crippen LogP contribution in [0.2, 0.25) is 0 Å². The lowest BCUT2D eigenvalue weighted by molar-refractivity contribution is -0.149. The Morgan fingerprint density at radius 3 is 2.61 bits per heavy atom. The summed E-state index contributed by atoms with van der Waals surface area (Å²) in [5, 5.41) is 0. The third-order valence-corrected chi connectivity index (χ3v) is 3.22. The SMILES string of the molecule is COC(=O)[C@H]1CCCN(C(=O)CN(C)C(C)=O)C1. The number of esters is 1. The molecule has 0 aliphatic carbocycles. The summed E-state index contributed by atoms with van der Waals surface area (Å²) in [6.07, 6.45) is 1.54. The molecule has 1 atom stereocenters.